The Balaban J connectivity index is 1.83. The number of hydrogen-bond donors (Lipinski definition) is 1. The van der Waals surface area contributed by atoms with Gasteiger partial charge in [-0.3, -0.25) is 10.3 Å². The molecule has 1 aromatic heterocycles. The zero-order chi connectivity index (χ0) is 16.4. The van der Waals surface area contributed by atoms with Crippen LogP contribution in [0.1, 0.15) is 0 Å². The summed E-state index contributed by atoms with van der Waals surface area (Å²) >= 11 is 17.8. The van der Waals surface area contributed by atoms with Crippen molar-refractivity contribution in [3.8, 4) is 5.75 Å². The van der Waals surface area contributed by atoms with Gasteiger partial charge in [0.1, 0.15) is 5.52 Å². The smallest absolute Gasteiger partial charge is 0.408 e. The van der Waals surface area contributed by atoms with Crippen molar-refractivity contribution >= 4 is 57.5 Å². The Kier molecular flexibility index (Phi) is 4.57. The summed E-state index contributed by atoms with van der Waals surface area (Å²) in [5.74, 6) is 0.308. The van der Waals surface area contributed by atoms with Crippen molar-refractivity contribution in [1.82, 2.24) is 4.98 Å². The van der Waals surface area contributed by atoms with Crippen molar-refractivity contribution in [1.29, 1.82) is 0 Å². The molecule has 0 spiro atoms. The van der Waals surface area contributed by atoms with E-state index >= 15 is 0 Å². The Bertz CT molecular complexity index is 900. The summed E-state index contributed by atoms with van der Waals surface area (Å²) in [4.78, 5) is 16.2. The van der Waals surface area contributed by atoms with Gasteiger partial charge in [0.2, 0.25) is 0 Å². The van der Waals surface area contributed by atoms with Gasteiger partial charge in [-0.2, -0.15) is 0 Å². The highest BCUT2D eigenvalue weighted by atomic mass is 35.5. The number of hydrogen-bond acceptors (Lipinski definition) is 3. The summed E-state index contributed by atoms with van der Waals surface area (Å²) in [6.45, 7) is 0. The lowest BCUT2D eigenvalue weighted by atomic mass is 10.2. The fraction of sp³-hybridized carbons (Fsp3) is 0. The SMILES string of the molecule is O=C(Nc1ccc(Cl)c(Cl)c1)Oc1ccc(Cl)c2cccnc12. The number of ether oxygens (including phenoxy) is 1. The van der Waals surface area contributed by atoms with Crippen LogP contribution in [0.3, 0.4) is 0 Å². The van der Waals surface area contributed by atoms with Crippen molar-refractivity contribution in [3.63, 3.8) is 0 Å². The van der Waals surface area contributed by atoms with Crippen LogP contribution in [0, 0.1) is 0 Å². The lowest BCUT2D eigenvalue weighted by molar-refractivity contribution is 0.215. The van der Waals surface area contributed by atoms with E-state index in [1.807, 2.05) is 0 Å². The van der Waals surface area contributed by atoms with Gasteiger partial charge in [-0.05, 0) is 42.5 Å². The molecule has 4 nitrogen and oxygen atoms in total. The molecule has 0 bridgehead atoms. The monoisotopic (exact) mass is 366 g/mol. The van der Waals surface area contributed by atoms with Crippen molar-refractivity contribution < 1.29 is 9.53 Å². The molecule has 7 heteroatoms. The van der Waals surface area contributed by atoms with Crippen LogP contribution in [0.25, 0.3) is 10.9 Å². The minimum absolute atomic E-state index is 0.308. The highest BCUT2D eigenvalue weighted by Crippen LogP contribution is 2.30. The van der Waals surface area contributed by atoms with Crippen LogP contribution in [0.4, 0.5) is 10.5 Å². The summed E-state index contributed by atoms with van der Waals surface area (Å²) in [7, 11) is 0. The van der Waals surface area contributed by atoms with Crippen LogP contribution in [-0.2, 0) is 0 Å². The number of carbonyl (C=O) groups excluding carboxylic acids is 1. The summed E-state index contributed by atoms with van der Waals surface area (Å²) in [6, 6.07) is 11.5. The molecule has 116 valence electrons. The predicted molar refractivity (Wildman–Crippen MR) is 92.9 cm³/mol. The maximum Gasteiger partial charge on any atom is 0.417 e. The Morgan fingerprint density at radius 2 is 1.78 bits per heavy atom. The molecule has 1 N–H and O–H groups in total. The van der Waals surface area contributed by atoms with E-state index in [0.29, 0.717) is 37.4 Å². The molecule has 3 rings (SSSR count). The van der Waals surface area contributed by atoms with Gasteiger partial charge in [0.05, 0.1) is 15.1 Å². The number of nitrogens with one attached hydrogen (secondary N) is 1. The van der Waals surface area contributed by atoms with Gasteiger partial charge in [-0.25, -0.2) is 4.79 Å². The molecule has 2 aromatic carbocycles. The number of pyridine rings is 1. The molecule has 1 amide bonds. The number of halogens is 3. The van der Waals surface area contributed by atoms with E-state index in [9.17, 15) is 4.79 Å². The van der Waals surface area contributed by atoms with Crippen molar-refractivity contribution in [2.45, 2.75) is 0 Å². The van der Waals surface area contributed by atoms with Gasteiger partial charge in [-0.1, -0.05) is 34.8 Å². The number of carbonyl (C=O) groups is 1. The molecule has 0 aliphatic heterocycles. The average molecular weight is 368 g/mol. The third kappa shape index (κ3) is 3.50. The maximum absolute atomic E-state index is 12.0. The Morgan fingerprint density at radius 1 is 1.00 bits per heavy atom. The Labute approximate surface area is 146 Å². The quantitative estimate of drug-likeness (QED) is 0.622. The van der Waals surface area contributed by atoms with Gasteiger partial charge in [-0.15, -0.1) is 0 Å². The zero-order valence-corrected chi connectivity index (χ0v) is 13.8. The number of amides is 1. The molecule has 23 heavy (non-hydrogen) atoms. The minimum atomic E-state index is -0.669. The molecular weight excluding hydrogens is 359 g/mol. The van der Waals surface area contributed by atoms with Crippen LogP contribution in [0.2, 0.25) is 15.1 Å². The fourth-order valence-electron chi connectivity index (χ4n) is 2.01. The lowest BCUT2D eigenvalue weighted by Gasteiger charge is -2.09. The Hall–Kier alpha value is -2.01. The zero-order valence-electron chi connectivity index (χ0n) is 11.5. The van der Waals surface area contributed by atoms with Gasteiger partial charge >= 0.3 is 6.09 Å². The second-order valence-corrected chi connectivity index (χ2v) is 5.81. The average Bonchev–Trinajstić information content (AvgIpc) is 2.54. The van der Waals surface area contributed by atoms with E-state index < -0.39 is 6.09 Å². The number of rotatable bonds is 2. The molecule has 3 aromatic rings. The number of benzene rings is 2. The van der Waals surface area contributed by atoms with E-state index in [-0.39, 0.29) is 0 Å². The second-order valence-electron chi connectivity index (χ2n) is 4.59. The van der Waals surface area contributed by atoms with E-state index in [1.54, 1.807) is 42.6 Å². The molecule has 0 aliphatic rings. The molecule has 0 aliphatic carbocycles. The van der Waals surface area contributed by atoms with Crippen molar-refractivity contribution in [2.24, 2.45) is 0 Å². The first-order chi connectivity index (χ1) is 11.0. The van der Waals surface area contributed by atoms with E-state index in [4.69, 9.17) is 39.5 Å². The minimum Gasteiger partial charge on any atom is -0.408 e. The van der Waals surface area contributed by atoms with Crippen LogP contribution in [0.5, 0.6) is 5.75 Å². The molecule has 0 atom stereocenters. The van der Waals surface area contributed by atoms with Crippen molar-refractivity contribution in [3.05, 3.63) is 63.7 Å². The van der Waals surface area contributed by atoms with Gasteiger partial charge in [0, 0.05) is 17.3 Å². The van der Waals surface area contributed by atoms with Gasteiger partial charge in [0.15, 0.2) is 5.75 Å². The number of anilines is 1. The van der Waals surface area contributed by atoms with E-state index in [1.165, 1.54) is 6.07 Å². The molecule has 0 unspecified atom stereocenters. The molecule has 0 fully saturated rings. The van der Waals surface area contributed by atoms with Gasteiger partial charge in [0.25, 0.3) is 0 Å². The highest BCUT2D eigenvalue weighted by molar-refractivity contribution is 6.42. The van der Waals surface area contributed by atoms with Crippen LogP contribution >= 0.6 is 34.8 Å². The number of aromatic nitrogens is 1. The van der Waals surface area contributed by atoms with E-state index in [0.717, 1.165) is 0 Å². The number of nitrogens with zero attached hydrogens (tertiary/aromatic N) is 1. The standard InChI is InChI=1S/C16H9Cl3N2O2/c17-11-5-6-14(15-10(11)2-1-7-20-15)23-16(22)21-9-3-4-12(18)13(19)8-9/h1-8H,(H,21,22). The fourth-order valence-corrected chi connectivity index (χ4v) is 2.52. The van der Waals surface area contributed by atoms with Crippen LogP contribution in [0.15, 0.2) is 48.7 Å². The number of fused-ring (bicyclic) bond motifs is 1. The largest absolute Gasteiger partial charge is 0.417 e. The van der Waals surface area contributed by atoms with Gasteiger partial charge < -0.3 is 4.74 Å². The lowest BCUT2D eigenvalue weighted by Crippen LogP contribution is -2.17. The summed E-state index contributed by atoms with van der Waals surface area (Å²) in [5, 5.41) is 4.55. The molecule has 0 saturated heterocycles. The predicted octanol–water partition coefficient (Wildman–Crippen LogP) is 5.81. The molecule has 0 radical (unpaired) electrons. The third-order valence-corrected chi connectivity index (χ3v) is 4.12. The molecule has 0 saturated carbocycles. The Morgan fingerprint density at radius 3 is 2.57 bits per heavy atom. The second kappa shape index (κ2) is 6.62. The first-order valence-corrected chi connectivity index (χ1v) is 7.65. The summed E-state index contributed by atoms with van der Waals surface area (Å²) < 4.78 is 5.31. The van der Waals surface area contributed by atoms with Crippen LogP contribution in [-0.4, -0.2) is 11.1 Å². The summed E-state index contributed by atoms with van der Waals surface area (Å²) in [6.07, 6.45) is 0.931. The first-order valence-electron chi connectivity index (χ1n) is 6.52. The maximum atomic E-state index is 12.0. The highest BCUT2D eigenvalue weighted by Gasteiger charge is 2.12. The molecular formula is C16H9Cl3N2O2. The van der Waals surface area contributed by atoms with Crippen molar-refractivity contribution in [2.75, 3.05) is 5.32 Å². The van der Waals surface area contributed by atoms with Crippen LogP contribution < -0.4 is 10.1 Å². The summed E-state index contributed by atoms with van der Waals surface area (Å²) in [5.41, 5.74) is 0.972. The third-order valence-electron chi connectivity index (χ3n) is 3.05. The first kappa shape index (κ1) is 15.9. The normalized spacial score (nSPS) is 10.6. The topological polar surface area (TPSA) is 51.2 Å². The van der Waals surface area contributed by atoms with E-state index in [2.05, 4.69) is 10.3 Å². The molecule has 1 heterocycles.